The number of alkyl halides is 1. The molecule has 0 spiro atoms. The Bertz CT molecular complexity index is 598. The van der Waals surface area contributed by atoms with Crippen LogP contribution in [-0.2, 0) is 18.3 Å². The zero-order chi connectivity index (χ0) is 14.1. The molecule has 1 aliphatic heterocycles. The number of hydrogen-bond donors (Lipinski definition) is 0. The van der Waals surface area contributed by atoms with Crippen LogP contribution in [0, 0.1) is 0 Å². The minimum atomic E-state index is 0.272. The van der Waals surface area contributed by atoms with E-state index in [1.54, 1.807) is 0 Å². The first-order valence-corrected chi connectivity index (χ1v) is 8.14. The lowest BCUT2D eigenvalue weighted by Crippen LogP contribution is -2.46. The summed E-state index contributed by atoms with van der Waals surface area (Å²) in [5.74, 6) is 0. The first kappa shape index (κ1) is 14.0. The molecular formula is C15H20BrN3O. The van der Waals surface area contributed by atoms with Crippen molar-refractivity contribution in [1.82, 2.24) is 14.7 Å². The molecule has 0 amide bonds. The summed E-state index contributed by atoms with van der Waals surface area (Å²) >= 11 is 3.52. The van der Waals surface area contributed by atoms with Crippen molar-refractivity contribution in [2.45, 2.75) is 25.7 Å². The third-order valence-electron chi connectivity index (χ3n) is 3.78. The van der Waals surface area contributed by atoms with Crippen molar-refractivity contribution in [1.29, 1.82) is 0 Å². The molecule has 2 aromatic rings. The number of aromatic nitrogens is 2. The van der Waals surface area contributed by atoms with Gasteiger partial charge in [-0.1, -0.05) is 34.1 Å². The molecule has 2 atom stereocenters. The van der Waals surface area contributed by atoms with Crippen molar-refractivity contribution in [3.8, 4) is 0 Å². The number of rotatable bonds is 3. The van der Waals surface area contributed by atoms with Gasteiger partial charge >= 0.3 is 0 Å². The Morgan fingerprint density at radius 2 is 2.15 bits per heavy atom. The minimum Gasteiger partial charge on any atom is -0.372 e. The summed E-state index contributed by atoms with van der Waals surface area (Å²) in [6, 6.07) is 8.42. The smallest absolute Gasteiger partial charge is 0.0843 e. The van der Waals surface area contributed by atoms with E-state index in [4.69, 9.17) is 4.74 Å². The molecule has 0 bridgehead atoms. The lowest BCUT2D eigenvalue weighted by molar-refractivity contribution is -0.0680. The average molecular weight is 338 g/mol. The molecule has 0 saturated carbocycles. The van der Waals surface area contributed by atoms with Gasteiger partial charge in [0.1, 0.15) is 0 Å². The maximum Gasteiger partial charge on any atom is 0.0843 e. The first-order chi connectivity index (χ1) is 9.67. The van der Waals surface area contributed by atoms with E-state index < -0.39 is 0 Å². The number of para-hydroxylation sites is 1. The van der Waals surface area contributed by atoms with Gasteiger partial charge in [0, 0.05) is 37.4 Å². The molecule has 1 aromatic heterocycles. The minimum absolute atomic E-state index is 0.272. The zero-order valence-electron chi connectivity index (χ0n) is 11.9. The Hall–Kier alpha value is -0.910. The van der Waals surface area contributed by atoms with Crippen LogP contribution in [0.2, 0.25) is 0 Å². The molecule has 0 N–H and O–H groups in total. The maximum atomic E-state index is 5.88. The van der Waals surface area contributed by atoms with E-state index in [9.17, 15) is 0 Å². The van der Waals surface area contributed by atoms with Gasteiger partial charge in [-0.2, -0.15) is 5.10 Å². The SMILES string of the molecule is CC1CN(Cc2nn(C)c3ccccc23)CC(CBr)O1. The molecule has 1 fully saturated rings. The van der Waals surface area contributed by atoms with Gasteiger partial charge < -0.3 is 4.74 Å². The van der Waals surface area contributed by atoms with Gasteiger partial charge in [0.2, 0.25) is 0 Å². The Kier molecular flexibility index (Phi) is 4.10. The van der Waals surface area contributed by atoms with Gasteiger partial charge in [-0.3, -0.25) is 9.58 Å². The molecule has 1 aliphatic rings. The number of halogens is 1. The van der Waals surface area contributed by atoms with Crippen LogP contribution in [-0.4, -0.2) is 45.3 Å². The van der Waals surface area contributed by atoms with Gasteiger partial charge in [-0.05, 0) is 13.0 Å². The normalized spacial score (nSPS) is 24.4. The summed E-state index contributed by atoms with van der Waals surface area (Å²) in [6.07, 6.45) is 0.551. The molecule has 3 rings (SSSR count). The third kappa shape index (κ3) is 2.75. The van der Waals surface area contributed by atoms with E-state index in [0.29, 0.717) is 0 Å². The number of hydrogen-bond acceptors (Lipinski definition) is 3. The molecule has 4 nitrogen and oxygen atoms in total. The summed E-state index contributed by atoms with van der Waals surface area (Å²) in [5, 5.41) is 6.82. The van der Waals surface area contributed by atoms with Crippen LogP contribution in [0.5, 0.6) is 0 Å². The van der Waals surface area contributed by atoms with Crippen LogP contribution in [0.25, 0.3) is 10.9 Å². The first-order valence-electron chi connectivity index (χ1n) is 7.01. The summed E-state index contributed by atoms with van der Waals surface area (Å²) in [7, 11) is 2.01. The highest BCUT2D eigenvalue weighted by Gasteiger charge is 2.25. The number of aryl methyl sites for hydroxylation is 1. The van der Waals surface area contributed by atoms with Crippen LogP contribution >= 0.6 is 15.9 Å². The van der Waals surface area contributed by atoms with E-state index >= 15 is 0 Å². The average Bonchev–Trinajstić information content (AvgIpc) is 2.75. The quantitative estimate of drug-likeness (QED) is 0.806. The van der Waals surface area contributed by atoms with Gasteiger partial charge in [0.15, 0.2) is 0 Å². The highest BCUT2D eigenvalue weighted by Crippen LogP contribution is 2.21. The molecule has 1 aromatic carbocycles. The highest BCUT2D eigenvalue weighted by atomic mass is 79.9. The molecule has 108 valence electrons. The van der Waals surface area contributed by atoms with Crippen molar-refractivity contribution in [2.24, 2.45) is 7.05 Å². The predicted octanol–water partition coefficient (Wildman–Crippen LogP) is 2.56. The number of nitrogens with zero attached hydrogens (tertiary/aromatic N) is 3. The van der Waals surface area contributed by atoms with Gasteiger partial charge in [0.05, 0.1) is 23.4 Å². The summed E-state index contributed by atoms with van der Waals surface area (Å²) in [5.41, 5.74) is 2.35. The van der Waals surface area contributed by atoms with E-state index in [0.717, 1.165) is 30.7 Å². The standard InChI is InChI=1S/C15H20BrN3O/c1-11-8-19(9-12(7-16)20-11)10-14-13-5-3-4-6-15(13)18(2)17-14/h3-6,11-12H,7-10H2,1-2H3. The van der Waals surface area contributed by atoms with Gasteiger partial charge in [-0.25, -0.2) is 0 Å². The van der Waals surface area contributed by atoms with E-state index in [1.165, 1.54) is 10.9 Å². The van der Waals surface area contributed by atoms with Crippen molar-refractivity contribution >= 4 is 26.8 Å². The zero-order valence-corrected chi connectivity index (χ0v) is 13.5. The summed E-state index contributed by atoms with van der Waals surface area (Å²) < 4.78 is 7.85. The van der Waals surface area contributed by atoms with E-state index in [1.807, 2.05) is 11.7 Å². The monoisotopic (exact) mass is 337 g/mol. The van der Waals surface area contributed by atoms with Crippen molar-refractivity contribution < 1.29 is 4.74 Å². The topological polar surface area (TPSA) is 30.3 Å². The molecule has 0 radical (unpaired) electrons. The van der Waals surface area contributed by atoms with Crippen molar-refractivity contribution in [2.75, 3.05) is 18.4 Å². The molecular weight excluding hydrogens is 318 g/mol. The highest BCUT2D eigenvalue weighted by molar-refractivity contribution is 9.09. The van der Waals surface area contributed by atoms with Crippen LogP contribution in [0.15, 0.2) is 24.3 Å². The molecule has 2 heterocycles. The van der Waals surface area contributed by atoms with Crippen LogP contribution < -0.4 is 0 Å². The number of fused-ring (bicyclic) bond motifs is 1. The fourth-order valence-electron chi connectivity index (χ4n) is 2.97. The predicted molar refractivity (Wildman–Crippen MR) is 84.1 cm³/mol. The molecule has 20 heavy (non-hydrogen) atoms. The van der Waals surface area contributed by atoms with Crippen molar-refractivity contribution in [3.05, 3.63) is 30.0 Å². The molecule has 1 saturated heterocycles. The number of ether oxygens (including phenoxy) is 1. The Labute approximate surface area is 127 Å². The summed E-state index contributed by atoms with van der Waals surface area (Å²) in [6.45, 7) is 4.95. The fraction of sp³-hybridized carbons (Fsp3) is 0.533. The molecule has 5 heteroatoms. The molecule has 2 unspecified atom stereocenters. The second kappa shape index (κ2) is 5.84. The van der Waals surface area contributed by atoms with Gasteiger partial charge in [0.25, 0.3) is 0 Å². The largest absolute Gasteiger partial charge is 0.372 e. The third-order valence-corrected chi connectivity index (χ3v) is 4.50. The van der Waals surface area contributed by atoms with E-state index in [-0.39, 0.29) is 12.2 Å². The lowest BCUT2D eigenvalue weighted by atomic mass is 10.1. The Balaban J connectivity index is 1.82. The Morgan fingerprint density at radius 3 is 2.95 bits per heavy atom. The summed E-state index contributed by atoms with van der Waals surface area (Å²) in [4.78, 5) is 2.44. The second-order valence-electron chi connectivity index (χ2n) is 5.50. The van der Waals surface area contributed by atoms with Crippen molar-refractivity contribution in [3.63, 3.8) is 0 Å². The molecule has 0 aliphatic carbocycles. The fourth-order valence-corrected chi connectivity index (χ4v) is 3.33. The maximum absolute atomic E-state index is 5.88. The lowest BCUT2D eigenvalue weighted by Gasteiger charge is -2.35. The second-order valence-corrected chi connectivity index (χ2v) is 6.15. The van der Waals surface area contributed by atoms with Crippen LogP contribution in [0.3, 0.4) is 0 Å². The van der Waals surface area contributed by atoms with E-state index in [2.05, 4.69) is 57.1 Å². The number of morpholine rings is 1. The van der Waals surface area contributed by atoms with Gasteiger partial charge in [-0.15, -0.1) is 0 Å². The number of benzene rings is 1. The van der Waals surface area contributed by atoms with Crippen LogP contribution in [0.1, 0.15) is 12.6 Å². The Morgan fingerprint density at radius 1 is 1.35 bits per heavy atom. The van der Waals surface area contributed by atoms with Crippen LogP contribution in [0.4, 0.5) is 0 Å².